The van der Waals surface area contributed by atoms with Crippen LogP contribution in [0.25, 0.3) is 0 Å². The summed E-state index contributed by atoms with van der Waals surface area (Å²) in [5.74, 6) is 0.827. The highest BCUT2D eigenvalue weighted by atomic mass is 35.6. The Bertz CT molecular complexity index is 36.1. The molecular weight excluding hydrogens is 214 g/mol. The summed E-state index contributed by atoms with van der Waals surface area (Å²) in [5, 5.41) is 0. The lowest BCUT2D eigenvalue weighted by atomic mass is 10.3. The Morgan fingerprint density at radius 3 is 1.70 bits per heavy atom. The fraction of sp³-hybridized carbons (Fsp3) is 1.00. The van der Waals surface area contributed by atoms with Gasteiger partial charge in [0.05, 0.1) is 23.7 Å². The van der Waals surface area contributed by atoms with Crippen LogP contribution in [0.15, 0.2) is 0 Å². The Hall–Kier alpha value is 1.18. The fourth-order valence-corrected chi connectivity index (χ4v) is 0.533. The number of halogens is 3. The third-order valence-corrected chi connectivity index (χ3v) is 1.00. The molecule has 0 spiro atoms. The van der Waals surface area contributed by atoms with E-state index in [1.165, 1.54) is 19.3 Å². The van der Waals surface area contributed by atoms with Crippen LogP contribution in [0.5, 0.6) is 0 Å². The Kier molecular flexibility index (Phi) is 38.9. The average molecular weight is 228 g/mol. The van der Waals surface area contributed by atoms with Gasteiger partial charge in [0, 0.05) is 5.88 Å². The molecule has 0 aliphatic heterocycles. The highest BCUT2D eigenvalue weighted by Gasteiger charge is 1.76. The Morgan fingerprint density at radius 2 is 1.60 bits per heavy atom. The Balaban J connectivity index is -0.000000107. The molecule has 0 radical (unpaired) electrons. The molecule has 5 heteroatoms. The van der Waals surface area contributed by atoms with E-state index in [-0.39, 0.29) is 13.5 Å². The standard InChI is InChI=1S/C5H11Cl.Cl2O.H2S/c1-2-3-4-5-6;1-3-2;/h2-5H2,1H3;;1H2. The largest absolute Gasteiger partial charge is 0.197 e. The zero-order valence-corrected chi connectivity index (χ0v) is 9.14. The molecule has 0 aromatic carbocycles. The second-order valence-corrected chi connectivity index (χ2v) is 2.30. The summed E-state index contributed by atoms with van der Waals surface area (Å²) in [6.07, 6.45) is 3.73. The lowest BCUT2D eigenvalue weighted by Crippen LogP contribution is -1.70. The van der Waals surface area contributed by atoms with Crippen molar-refractivity contribution in [2.75, 3.05) is 5.88 Å². The van der Waals surface area contributed by atoms with E-state index in [0.717, 1.165) is 5.88 Å². The topological polar surface area (TPSA) is 9.23 Å². The second kappa shape index (κ2) is 22.5. The summed E-state index contributed by atoms with van der Waals surface area (Å²) in [4.78, 5) is 0. The van der Waals surface area contributed by atoms with Crippen molar-refractivity contribution >= 4 is 48.8 Å². The molecule has 0 aromatic heterocycles. The minimum Gasteiger partial charge on any atom is -0.197 e. The van der Waals surface area contributed by atoms with Crippen LogP contribution in [0.1, 0.15) is 26.2 Å². The van der Waals surface area contributed by atoms with Crippen molar-refractivity contribution < 1.29 is 3.84 Å². The molecule has 0 bridgehead atoms. The molecule has 1 nitrogen and oxygen atoms in total. The van der Waals surface area contributed by atoms with Crippen molar-refractivity contribution in [1.29, 1.82) is 0 Å². The van der Waals surface area contributed by atoms with Crippen molar-refractivity contribution in [3.05, 3.63) is 0 Å². The summed E-state index contributed by atoms with van der Waals surface area (Å²) < 4.78 is 3.19. The summed E-state index contributed by atoms with van der Waals surface area (Å²) in [5.41, 5.74) is 0. The third-order valence-electron chi connectivity index (χ3n) is 0.737. The van der Waals surface area contributed by atoms with E-state index in [2.05, 4.69) is 34.5 Å². The first kappa shape index (κ1) is 17.3. The fourth-order valence-electron chi connectivity index (χ4n) is 0.344. The maximum Gasteiger partial charge on any atom is 0.0832 e. The molecule has 0 amide bonds. The van der Waals surface area contributed by atoms with Gasteiger partial charge in [-0.3, -0.25) is 0 Å². The van der Waals surface area contributed by atoms with Gasteiger partial charge in [-0.1, -0.05) is 19.8 Å². The van der Waals surface area contributed by atoms with E-state index in [0.29, 0.717) is 0 Å². The van der Waals surface area contributed by atoms with E-state index in [9.17, 15) is 0 Å². The molecule has 0 N–H and O–H groups in total. The van der Waals surface area contributed by atoms with Crippen LogP contribution < -0.4 is 0 Å². The van der Waals surface area contributed by atoms with Gasteiger partial charge in [-0.15, -0.1) is 11.6 Å². The van der Waals surface area contributed by atoms with E-state index >= 15 is 0 Å². The maximum absolute atomic E-state index is 5.38. The van der Waals surface area contributed by atoms with Crippen molar-refractivity contribution in [3.8, 4) is 0 Å². The molecule has 0 aliphatic carbocycles. The van der Waals surface area contributed by atoms with Gasteiger partial charge in [0.15, 0.2) is 0 Å². The average Bonchev–Trinajstić information content (AvgIpc) is 1.86. The smallest absolute Gasteiger partial charge is 0.0832 e. The predicted molar refractivity (Wildman–Crippen MR) is 53.4 cm³/mol. The van der Waals surface area contributed by atoms with Crippen LogP contribution in [-0.2, 0) is 3.84 Å². The molecule has 0 heterocycles. The van der Waals surface area contributed by atoms with Gasteiger partial charge in [-0.05, 0) is 6.42 Å². The first-order valence-electron chi connectivity index (χ1n) is 2.78. The summed E-state index contributed by atoms with van der Waals surface area (Å²) in [6.45, 7) is 2.17. The van der Waals surface area contributed by atoms with Crippen LogP contribution in [0.4, 0.5) is 0 Å². The van der Waals surface area contributed by atoms with Crippen LogP contribution in [0.3, 0.4) is 0 Å². The molecule has 0 fully saturated rings. The Labute approximate surface area is 84.8 Å². The SMILES string of the molecule is CCCCCCl.ClOCl.S. The number of alkyl halides is 1. The van der Waals surface area contributed by atoms with Crippen molar-refractivity contribution in [3.63, 3.8) is 0 Å². The molecule has 0 unspecified atom stereocenters. The van der Waals surface area contributed by atoms with Crippen LogP contribution in [0, 0.1) is 0 Å². The quantitative estimate of drug-likeness (QED) is 0.526. The van der Waals surface area contributed by atoms with Crippen LogP contribution in [-0.4, -0.2) is 5.88 Å². The molecule has 0 aliphatic rings. The number of hydrogen-bond acceptors (Lipinski definition) is 1. The molecule has 0 atom stereocenters. The summed E-state index contributed by atoms with van der Waals surface area (Å²) in [7, 11) is 0. The second-order valence-electron chi connectivity index (χ2n) is 1.45. The highest BCUT2D eigenvalue weighted by molar-refractivity contribution is 7.59. The van der Waals surface area contributed by atoms with Gasteiger partial charge in [-0.25, -0.2) is 0 Å². The summed E-state index contributed by atoms with van der Waals surface area (Å²) in [6, 6.07) is 0. The molecule has 0 saturated heterocycles. The molecular formula is C5H13Cl3OS. The minimum atomic E-state index is 0. The third kappa shape index (κ3) is 35.2. The van der Waals surface area contributed by atoms with E-state index < -0.39 is 0 Å². The van der Waals surface area contributed by atoms with Gasteiger partial charge in [0.1, 0.15) is 0 Å². The Morgan fingerprint density at radius 1 is 1.20 bits per heavy atom. The first-order valence-corrected chi connectivity index (χ1v) is 3.93. The molecule has 0 rings (SSSR count). The van der Waals surface area contributed by atoms with Gasteiger partial charge >= 0.3 is 0 Å². The normalized spacial score (nSPS) is 7.20. The molecule has 66 valence electrons. The zero-order valence-electron chi connectivity index (χ0n) is 5.87. The molecule has 0 saturated carbocycles. The minimum absolute atomic E-state index is 0. The summed E-state index contributed by atoms with van der Waals surface area (Å²) >= 11 is 13.9. The molecule has 0 aromatic rings. The monoisotopic (exact) mass is 226 g/mol. The maximum atomic E-state index is 5.38. The van der Waals surface area contributed by atoms with Crippen molar-refractivity contribution in [2.24, 2.45) is 0 Å². The molecule has 10 heavy (non-hydrogen) atoms. The number of rotatable bonds is 3. The number of unbranched alkanes of at least 4 members (excludes halogenated alkanes) is 2. The van der Waals surface area contributed by atoms with Gasteiger partial charge in [-0.2, -0.15) is 17.3 Å². The van der Waals surface area contributed by atoms with E-state index in [1.54, 1.807) is 0 Å². The number of hydrogen-bond donors (Lipinski definition) is 0. The van der Waals surface area contributed by atoms with Gasteiger partial charge < -0.3 is 0 Å². The van der Waals surface area contributed by atoms with Crippen LogP contribution >= 0.6 is 48.8 Å². The van der Waals surface area contributed by atoms with Crippen molar-refractivity contribution in [1.82, 2.24) is 0 Å². The zero-order chi connectivity index (χ0) is 7.54. The lowest BCUT2D eigenvalue weighted by molar-refractivity contribution is 0.697. The highest BCUT2D eigenvalue weighted by Crippen LogP contribution is 1.93. The first-order chi connectivity index (χ1) is 4.33. The predicted octanol–water partition coefficient (Wildman–Crippen LogP) is 3.84. The van der Waals surface area contributed by atoms with E-state index in [1.807, 2.05) is 0 Å². The van der Waals surface area contributed by atoms with Gasteiger partial charge in [0.2, 0.25) is 0 Å². The van der Waals surface area contributed by atoms with Crippen LogP contribution in [0.2, 0.25) is 0 Å². The lowest BCUT2D eigenvalue weighted by Gasteiger charge is -1.84. The van der Waals surface area contributed by atoms with E-state index in [4.69, 9.17) is 11.6 Å². The van der Waals surface area contributed by atoms with Crippen molar-refractivity contribution in [2.45, 2.75) is 26.2 Å². The van der Waals surface area contributed by atoms with Gasteiger partial charge in [0.25, 0.3) is 0 Å².